The number of carbonyl (C=O) groups is 1. The van der Waals surface area contributed by atoms with Crippen LogP contribution in [0.4, 0.5) is 5.69 Å². The third-order valence-corrected chi connectivity index (χ3v) is 6.71. The number of aryl methyl sites for hydroxylation is 2. The van der Waals surface area contributed by atoms with Gasteiger partial charge < -0.3 is 25.0 Å². The maximum absolute atomic E-state index is 12.5. The normalized spacial score (nSPS) is 20.0. The van der Waals surface area contributed by atoms with Gasteiger partial charge in [0.1, 0.15) is 12.4 Å². The lowest BCUT2D eigenvalue weighted by Crippen LogP contribution is -2.47. The highest BCUT2D eigenvalue weighted by atomic mass is 16.5. The van der Waals surface area contributed by atoms with Gasteiger partial charge in [0.2, 0.25) is 0 Å². The van der Waals surface area contributed by atoms with Gasteiger partial charge in [-0.1, -0.05) is 6.07 Å². The van der Waals surface area contributed by atoms with Crippen LogP contribution in [-0.4, -0.2) is 54.2 Å². The Hall–Kier alpha value is -3.29. The van der Waals surface area contributed by atoms with Crippen LogP contribution >= 0.6 is 0 Å². The number of pyridine rings is 1. The topological polar surface area (TPSA) is 105 Å². The van der Waals surface area contributed by atoms with Crippen LogP contribution in [0.3, 0.4) is 0 Å². The summed E-state index contributed by atoms with van der Waals surface area (Å²) in [5.74, 6) is 0.654. The number of hydrogen-bond acceptors (Lipinski definition) is 6. The molecule has 182 valence electrons. The number of fused-ring (bicyclic) bond motifs is 1. The molecular formula is C26H35N5O3. The average Bonchev–Trinajstić information content (AvgIpc) is 2.81. The number of anilines is 1. The van der Waals surface area contributed by atoms with Gasteiger partial charge in [-0.05, 0) is 75.4 Å². The smallest absolute Gasteiger partial charge is 0.309 e. The number of hydrogen-bond donors (Lipinski definition) is 2. The van der Waals surface area contributed by atoms with E-state index in [1.165, 1.54) is 5.56 Å². The van der Waals surface area contributed by atoms with Gasteiger partial charge in [0.05, 0.1) is 18.6 Å². The summed E-state index contributed by atoms with van der Waals surface area (Å²) in [4.78, 5) is 21.2. The van der Waals surface area contributed by atoms with E-state index in [4.69, 9.17) is 20.6 Å². The first kappa shape index (κ1) is 23.9. The molecule has 1 aromatic heterocycles. The second-order valence-corrected chi connectivity index (χ2v) is 9.23. The number of piperidine rings is 1. The summed E-state index contributed by atoms with van der Waals surface area (Å²) < 4.78 is 11.6. The lowest BCUT2D eigenvalue weighted by molar-refractivity contribution is -0.149. The van der Waals surface area contributed by atoms with Gasteiger partial charge in [-0.2, -0.15) is 0 Å². The Kier molecular flexibility index (Phi) is 7.24. The first-order valence-corrected chi connectivity index (χ1v) is 12.1. The Bertz CT molecular complexity index is 1040. The molecule has 1 saturated heterocycles. The van der Waals surface area contributed by atoms with Gasteiger partial charge in [-0.15, -0.1) is 0 Å². The fourth-order valence-corrected chi connectivity index (χ4v) is 5.02. The largest absolute Gasteiger partial charge is 0.491 e. The molecule has 8 nitrogen and oxygen atoms in total. The molecule has 34 heavy (non-hydrogen) atoms. The molecule has 0 amide bonds. The minimum atomic E-state index is -0.124. The number of rotatable bonds is 6. The molecule has 2 unspecified atom stereocenters. The number of nitrogens with zero attached hydrogens (tertiary/aromatic N) is 3. The number of nitrogens with one attached hydrogen (secondary N) is 1. The molecule has 4 rings (SSSR count). The zero-order chi connectivity index (χ0) is 24.2. The van der Waals surface area contributed by atoms with Crippen LogP contribution in [0.2, 0.25) is 0 Å². The quantitative estimate of drug-likeness (QED) is 0.383. The highest BCUT2D eigenvalue weighted by Crippen LogP contribution is 2.31. The van der Waals surface area contributed by atoms with E-state index in [1.54, 1.807) is 0 Å². The summed E-state index contributed by atoms with van der Waals surface area (Å²) in [6.07, 6.45) is 2.31. The van der Waals surface area contributed by atoms with Crippen molar-refractivity contribution >= 4 is 17.6 Å². The molecular weight excluding hydrogens is 430 g/mol. The minimum Gasteiger partial charge on any atom is -0.491 e. The molecule has 1 fully saturated rings. The summed E-state index contributed by atoms with van der Waals surface area (Å²) in [6.45, 7) is 8.87. The Labute approximate surface area is 201 Å². The van der Waals surface area contributed by atoms with E-state index in [2.05, 4.69) is 34.1 Å². The van der Waals surface area contributed by atoms with Gasteiger partial charge in [0.15, 0.2) is 5.96 Å². The zero-order valence-corrected chi connectivity index (χ0v) is 20.3. The molecule has 0 aliphatic carbocycles. The molecule has 2 aliphatic heterocycles. The third-order valence-electron chi connectivity index (χ3n) is 6.71. The van der Waals surface area contributed by atoms with E-state index in [0.717, 1.165) is 54.3 Å². The number of carbonyl (C=O) groups excluding carboxylic acids is 1. The second-order valence-electron chi connectivity index (χ2n) is 9.23. The van der Waals surface area contributed by atoms with Gasteiger partial charge in [-0.25, -0.2) is 0 Å². The van der Waals surface area contributed by atoms with Crippen molar-refractivity contribution < 1.29 is 14.3 Å². The lowest BCUT2D eigenvalue weighted by Gasteiger charge is -2.40. The van der Waals surface area contributed by atoms with E-state index in [-0.39, 0.29) is 23.9 Å². The third kappa shape index (κ3) is 5.43. The van der Waals surface area contributed by atoms with Crippen molar-refractivity contribution in [1.82, 2.24) is 9.88 Å². The van der Waals surface area contributed by atoms with Crippen molar-refractivity contribution in [3.8, 4) is 5.75 Å². The van der Waals surface area contributed by atoms with Crippen molar-refractivity contribution in [2.45, 2.75) is 52.6 Å². The van der Waals surface area contributed by atoms with E-state index in [1.807, 2.05) is 31.7 Å². The Morgan fingerprint density at radius 2 is 1.94 bits per heavy atom. The molecule has 2 aliphatic rings. The van der Waals surface area contributed by atoms with Crippen molar-refractivity contribution in [3.05, 3.63) is 52.8 Å². The molecule has 2 aromatic rings. The van der Waals surface area contributed by atoms with E-state index in [0.29, 0.717) is 26.2 Å². The number of aromatic nitrogens is 1. The second kappa shape index (κ2) is 10.3. The number of guanidine groups is 1. The monoisotopic (exact) mass is 465 g/mol. The maximum Gasteiger partial charge on any atom is 0.309 e. The highest BCUT2D eigenvalue weighted by molar-refractivity contribution is 5.75. The number of esters is 1. The van der Waals surface area contributed by atoms with Crippen molar-refractivity contribution in [1.29, 1.82) is 5.41 Å². The summed E-state index contributed by atoms with van der Waals surface area (Å²) >= 11 is 0. The summed E-state index contributed by atoms with van der Waals surface area (Å²) in [6, 6.07) is 10.4. The number of nitrogens with two attached hydrogens (primary N) is 1. The fourth-order valence-electron chi connectivity index (χ4n) is 5.02. The molecule has 1 aromatic carbocycles. The van der Waals surface area contributed by atoms with Crippen LogP contribution in [-0.2, 0) is 22.5 Å². The molecule has 3 heterocycles. The maximum atomic E-state index is 12.5. The fraction of sp³-hybridized carbons (Fsp3) is 0.500. The molecule has 3 N–H and O–H groups in total. The van der Waals surface area contributed by atoms with Crippen molar-refractivity contribution in [2.24, 2.45) is 11.7 Å². The summed E-state index contributed by atoms with van der Waals surface area (Å²) in [7, 11) is 0. The Balaban J connectivity index is 1.51. The van der Waals surface area contributed by atoms with Gasteiger partial charge in [0, 0.05) is 36.7 Å². The van der Waals surface area contributed by atoms with E-state index < -0.39 is 0 Å². The Morgan fingerprint density at radius 3 is 2.65 bits per heavy atom. The summed E-state index contributed by atoms with van der Waals surface area (Å²) in [5.41, 5.74) is 11.2. The van der Waals surface area contributed by atoms with E-state index >= 15 is 0 Å². The zero-order valence-electron chi connectivity index (χ0n) is 20.3. The van der Waals surface area contributed by atoms with Crippen LogP contribution in [0.25, 0.3) is 0 Å². The molecule has 8 heteroatoms. The molecule has 0 bridgehead atoms. The van der Waals surface area contributed by atoms with Crippen LogP contribution in [0.5, 0.6) is 5.75 Å². The predicted molar refractivity (Wildman–Crippen MR) is 132 cm³/mol. The first-order chi connectivity index (χ1) is 16.3. The molecule has 0 spiro atoms. The van der Waals surface area contributed by atoms with Crippen LogP contribution in [0, 0.1) is 25.2 Å². The molecule has 0 saturated carbocycles. The average molecular weight is 466 g/mol. The highest BCUT2D eigenvalue weighted by Gasteiger charge is 2.34. The summed E-state index contributed by atoms with van der Waals surface area (Å²) in [5, 5.41) is 7.74. The number of benzene rings is 1. The standard InChI is InChI=1S/C26H35N5O3/c1-4-33-25(32)20-8-10-31(22-11-17(2)29-18(3)12-22)23(13-20)16-34-24-6-5-19-7-9-30(26(27)28)15-21(19)14-24/h5-6,11-12,14,20,23H,4,7-10,13,15-16H2,1-3H3,(H3,27,28). The predicted octanol–water partition coefficient (Wildman–Crippen LogP) is 3.18. The van der Waals surface area contributed by atoms with Gasteiger partial charge >= 0.3 is 5.97 Å². The number of ether oxygens (including phenoxy) is 2. The molecule has 2 atom stereocenters. The van der Waals surface area contributed by atoms with E-state index in [9.17, 15) is 4.79 Å². The van der Waals surface area contributed by atoms with Crippen LogP contribution in [0.15, 0.2) is 30.3 Å². The lowest BCUT2D eigenvalue weighted by atomic mass is 9.90. The molecule has 0 radical (unpaired) electrons. The van der Waals surface area contributed by atoms with Crippen LogP contribution in [0.1, 0.15) is 42.3 Å². The van der Waals surface area contributed by atoms with Gasteiger partial charge in [0.25, 0.3) is 0 Å². The van der Waals surface area contributed by atoms with Crippen LogP contribution < -0.4 is 15.4 Å². The minimum absolute atomic E-state index is 0.0362. The van der Waals surface area contributed by atoms with Gasteiger partial charge in [-0.3, -0.25) is 15.2 Å². The Morgan fingerprint density at radius 1 is 1.18 bits per heavy atom. The first-order valence-electron chi connectivity index (χ1n) is 12.1. The van der Waals surface area contributed by atoms with Crippen molar-refractivity contribution in [3.63, 3.8) is 0 Å². The SMILES string of the molecule is CCOC(=O)C1CCN(c2cc(C)nc(C)c2)C(COc2ccc3c(c2)CN(C(=N)N)CC3)C1. The van der Waals surface area contributed by atoms with Crippen molar-refractivity contribution in [2.75, 3.05) is 31.2 Å².